The molecule has 1 heterocycles. The average Bonchev–Trinajstić information content (AvgIpc) is 2.46. The largest absolute Gasteiger partial charge is 0.395 e. The van der Waals surface area contributed by atoms with E-state index in [1.807, 2.05) is 13.8 Å². The highest BCUT2D eigenvalue weighted by Crippen LogP contribution is 2.04. The monoisotopic (exact) mass is 276 g/mol. The van der Waals surface area contributed by atoms with Gasteiger partial charge in [-0.1, -0.05) is 11.8 Å². The Morgan fingerprint density at radius 3 is 3.10 bits per heavy atom. The van der Waals surface area contributed by atoms with Crippen LogP contribution in [0.1, 0.15) is 36.3 Å². The molecular formula is C15H20N2O3. The van der Waals surface area contributed by atoms with Gasteiger partial charge >= 0.3 is 0 Å². The lowest BCUT2D eigenvalue weighted by molar-refractivity contribution is 0.0693. The van der Waals surface area contributed by atoms with Gasteiger partial charge < -0.3 is 15.2 Å². The normalized spacial score (nSPS) is 11.3. The standard InChI is InChI=1S/C15H20N2O3/c1-3-20-12(2)11-17-15(19)14-13(7-4-5-10-18)8-6-9-16-14/h6,8-9,12,18H,3,5,10-11H2,1-2H3,(H,17,19). The Balaban J connectivity index is 2.71. The van der Waals surface area contributed by atoms with Crippen LogP contribution in [0.2, 0.25) is 0 Å². The second-order valence-electron chi connectivity index (χ2n) is 4.15. The van der Waals surface area contributed by atoms with Gasteiger partial charge in [0.2, 0.25) is 0 Å². The second-order valence-corrected chi connectivity index (χ2v) is 4.15. The maximum absolute atomic E-state index is 12.1. The Bertz CT molecular complexity index is 491. The summed E-state index contributed by atoms with van der Waals surface area (Å²) in [6.07, 6.45) is 1.88. The van der Waals surface area contributed by atoms with Crippen LogP contribution in [-0.2, 0) is 4.74 Å². The van der Waals surface area contributed by atoms with Crippen molar-refractivity contribution in [3.63, 3.8) is 0 Å². The first kappa shape index (κ1) is 16.2. The fourth-order valence-corrected chi connectivity index (χ4v) is 1.56. The van der Waals surface area contributed by atoms with E-state index >= 15 is 0 Å². The molecule has 0 aliphatic rings. The van der Waals surface area contributed by atoms with Gasteiger partial charge in [0.1, 0.15) is 5.69 Å². The molecule has 0 radical (unpaired) electrons. The van der Waals surface area contributed by atoms with Crippen LogP contribution in [0.25, 0.3) is 0 Å². The van der Waals surface area contributed by atoms with Gasteiger partial charge in [0.15, 0.2) is 0 Å². The molecule has 1 rings (SSSR count). The van der Waals surface area contributed by atoms with Gasteiger partial charge in [0.25, 0.3) is 5.91 Å². The summed E-state index contributed by atoms with van der Waals surface area (Å²) < 4.78 is 5.35. The van der Waals surface area contributed by atoms with E-state index in [2.05, 4.69) is 22.1 Å². The number of pyridine rings is 1. The van der Waals surface area contributed by atoms with Crippen molar-refractivity contribution in [2.75, 3.05) is 19.8 Å². The fraction of sp³-hybridized carbons (Fsp3) is 0.467. The van der Waals surface area contributed by atoms with E-state index in [0.29, 0.717) is 30.8 Å². The quantitative estimate of drug-likeness (QED) is 0.760. The summed E-state index contributed by atoms with van der Waals surface area (Å²) in [5, 5.41) is 11.5. The fourth-order valence-electron chi connectivity index (χ4n) is 1.56. The lowest BCUT2D eigenvalue weighted by Crippen LogP contribution is -2.33. The molecule has 2 N–H and O–H groups in total. The maximum Gasteiger partial charge on any atom is 0.271 e. The van der Waals surface area contributed by atoms with Gasteiger partial charge in [-0.2, -0.15) is 0 Å². The zero-order valence-electron chi connectivity index (χ0n) is 11.8. The van der Waals surface area contributed by atoms with Gasteiger partial charge in [-0.3, -0.25) is 4.79 Å². The summed E-state index contributed by atoms with van der Waals surface area (Å²) in [4.78, 5) is 16.1. The van der Waals surface area contributed by atoms with Crippen molar-refractivity contribution in [1.29, 1.82) is 0 Å². The molecule has 0 spiro atoms. The molecule has 0 aliphatic carbocycles. The molecular weight excluding hydrogens is 256 g/mol. The number of rotatable bonds is 6. The molecule has 1 aromatic rings. The van der Waals surface area contributed by atoms with E-state index in [0.717, 1.165) is 0 Å². The summed E-state index contributed by atoms with van der Waals surface area (Å²) in [6.45, 7) is 4.84. The van der Waals surface area contributed by atoms with Gasteiger partial charge in [0.05, 0.1) is 18.3 Å². The average molecular weight is 276 g/mol. The van der Waals surface area contributed by atoms with Crippen molar-refractivity contribution >= 4 is 5.91 Å². The van der Waals surface area contributed by atoms with Crippen molar-refractivity contribution < 1.29 is 14.6 Å². The number of aromatic nitrogens is 1. The van der Waals surface area contributed by atoms with E-state index < -0.39 is 0 Å². The molecule has 5 heteroatoms. The maximum atomic E-state index is 12.1. The Morgan fingerprint density at radius 1 is 1.60 bits per heavy atom. The molecule has 108 valence electrons. The van der Waals surface area contributed by atoms with Crippen LogP contribution in [0.15, 0.2) is 18.3 Å². The van der Waals surface area contributed by atoms with Gasteiger partial charge in [0, 0.05) is 25.8 Å². The molecule has 0 bridgehead atoms. The summed E-state index contributed by atoms with van der Waals surface area (Å²) in [5.74, 6) is 5.36. The molecule has 1 aromatic heterocycles. The smallest absolute Gasteiger partial charge is 0.271 e. The number of nitrogens with zero attached hydrogens (tertiary/aromatic N) is 1. The third-order valence-corrected chi connectivity index (χ3v) is 2.48. The summed E-state index contributed by atoms with van der Waals surface area (Å²) in [5.41, 5.74) is 0.851. The predicted molar refractivity (Wildman–Crippen MR) is 76.2 cm³/mol. The minimum absolute atomic E-state index is 0.000658. The van der Waals surface area contributed by atoms with Crippen molar-refractivity contribution in [3.05, 3.63) is 29.6 Å². The Labute approximate surface area is 119 Å². The predicted octanol–water partition coefficient (Wildman–Crippen LogP) is 0.970. The topological polar surface area (TPSA) is 71.5 Å². The van der Waals surface area contributed by atoms with Gasteiger partial charge in [-0.15, -0.1) is 0 Å². The molecule has 0 saturated carbocycles. The Morgan fingerprint density at radius 2 is 2.40 bits per heavy atom. The van der Waals surface area contributed by atoms with Crippen LogP contribution in [0.4, 0.5) is 0 Å². The Kier molecular flexibility index (Phi) is 7.33. The highest BCUT2D eigenvalue weighted by atomic mass is 16.5. The first-order valence-corrected chi connectivity index (χ1v) is 6.63. The lowest BCUT2D eigenvalue weighted by Gasteiger charge is -2.12. The summed E-state index contributed by atoms with van der Waals surface area (Å²) in [7, 11) is 0. The Hall–Kier alpha value is -1.90. The van der Waals surface area contributed by atoms with E-state index in [1.165, 1.54) is 0 Å². The number of carbonyl (C=O) groups is 1. The molecule has 5 nitrogen and oxygen atoms in total. The van der Waals surface area contributed by atoms with E-state index in [9.17, 15) is 4.79 Å². The number of carbonyl (C=O) groups excluding carboxylic acids is 1. The highest BCUT2D eigenvalue weighted by molar-refractivity contribution is 5.94. The van der Waals surface area contributed by atoms with Gasteiger partial charge in [-0.25, -0.2) is 4.98 Å². The number of hydrogen-bond donors (Lipinski definition) is 2. The third-order valence-electron chi connectivity index (χ3n) is 2.48. The molecule has 0 aromatic carbocycles. The minimum atomic E-state index is -0.273. The summed E-state index contributed by atoms with van der Waals surface area (Å²) >= 11 is 0. The molecule has 1 amide bonds. The third kappa shape index (κ3) is 5.39. The van der Waals surface area contributed by atoms with Crippen molar-refractivity contribution in [1.82, 2.24) is 10.3 Å². The second kappa shape index (κ2) is 9.08. The first-order chi connectivity index (χ1) is 9.69. The molecule has 0 fully saturated rings. The number of hydrogen-bond acceptors (Lipinski definition) is 4. The first-order valence-electron chi connectivity index (χ1n) is 6.63. The highest BCUT2D eigenvalue weighted by Gasteiger charge is 2.12. The van der Waals surface area contributed by atoms with Crippen molar-refractivity contribution in [2.45, 2.75) is 26.4 Å². The van der Waals surface area contributed by atoms with Crippen LogP contribution >= 0.6 is 0 Å². The molecule has 1 atom stereocenters. The number of ether oxygens (including phenoxy) is 1. The summed E-state index contributed by atoms with van der Waals surface area (Å²) in [6, 6.07) is 3.46. The lowest BCUT2D eigenvalue weighted by atomic mass is 10.2. The van der Waals surface area contributed by atoms with E-state index in [4.69, 9.17) is 9.84 Å². The molecule has 1 unspecified atom stereocenters. The van der Waals surface area contributed by atoms with Crippen LogP contribution in [0.5, 0.6) is 0 Å². The zero-order valence-corrected chi connectivity index (χ0v) is 11.8. The van der Waals surface area contributed by atoms with Crippen LogP contribution in [0, 0.1) is 11.8 Å². The van der Waals surface area contributed by atoms with Crippen molar-refractivity contribution in [2.24, 2.45) is 0 Å². The minimum Gasteiger partial charge on any atom is -0.395 e. The number of amides is 1. The van der Waals surface area contributed by atoms with Crippen LogP contribution in [0.3, 0.4) is 0 Å². The molecule has 0 aliphatic heterocycles. The zero-order chi connectivity index (χ0) is 14.8. The van der Waals surface area contributed by atoms with Gasteiger partial charge in [-0.05, 0) is 26.0 Å². The molecule has 0 saturated heterocycles. The van der Waals surface area contributed by atoms with Crippen LogP contribution in [-0.4, -0.2) is 41.9 Å². The SMILES string of the molecule is CCOC(C)CNC(=O)c1ncccc1C#CCCO. The number of nitrogens with one attached hydrogen (secondary N) is 1. The molecule has 20 heavy (non-hydrogen) atoms. The van der Waals surface area contributed by atoms with Crippen LogP contribution < -0.4 is 5.32 Å². The number of aliphatic hydroxyl groups is 1. The number of aliphatic hydroxyl groups excluding tert-OH is 1. The van der Waals surface area contributed by atoms with E-state index in [1.54, 1.807) is 18.3 Å². The van der Waals surface area contributed by atoms with Crippen molar-refractivity contribution in [3.8, 4) is 11.8 Å². The van der Waals surface area contributed by atoms with E-state index in [-0.39, 0.29) is 18.6 Å².